The normalized spacial score (nSPS) is 16.3. The van der Waals surface area contributed by atoms with E-state index in [0.29, 0.717) is 5.11 Å². The summed E-state index contributed by atoms with van der Waals surface area (Å²) in [6, 6.07) is 5.91. The molecule has 1 aliphatic heterocycles. The number of aryl methyl sites for hydroxylation is 1. The van der Waals surface area contributed by atoms with Crippen LogP contribution in [0.1, 0.15) is 44.0 Å². The number of nitrogens with zero attached hydrogens (tertiary/aromatic N) is 4. The second kappa shape index (κ2) is 12.2. The predicted octanol–water partition coefficient (Wildman–Crippen LogP) is 4.11. The first-order valence-corrected chi connectivity index (χ1v) is 10.4. The van der Waals surface area contributed by atoms with Gasteiger partial charge in [0.15, 0.2) is 17.3 Å². The van der Waals surface area contributed by atoms with Crippen LogP contribution in [0.15, 0.2) is 23.3 Å². The summed E-state index contributed by atoms with van der Waals surface area (Å²) in [5.41, 5.74) is 6.92. The van der Waals surface area contributed by atoms with Crippen molar-refractivity contribution in [3.05, 3.63) is 35.0 Å². The Bertz CT molecular complexity index is 520. The first-order valence-electron chi connectivity index (χ1n) is 7.40. The van der Waals surface area contributed by atoms with Gasteiger partial charge in [-0.15, -0.1) is 0 Å². The van der Waals surface area contributed by atoms with Crippen molar-refractivity contribution < 1.29 is 13.1 Å². The summed E-state index contributed by atoms with van der Waals surface area (Å²) in [4.78, 5) is 6.64. The third kappa shape index (κ3) is 8.43. The molecule has 2 heterocycles. The monoisotopic (exact) mass is 423 g/mol. The Morgan fingerprint density at radius 3 is 2.43 bits per heavy atom. The molecule has 0 radical (unpaired) electrons. The van der Waals surface area contributed by atoms with E-state index in [1.54, 1.807) is 0 Å². The van der Waals surface area contributed by atoms with Crippen molar-refractivity contribution in [1.29, 1.82) is 0 Å². The summed E-state index contributed by atoms with van der Waals surface area (Å²) in [5.74, 6) is 0. The van der Waals surface area contributed by atoms with E-state index >= 15 is 0 Å². The van der Waals surface area contributed by atoms with E-state index < -0.39 is 0 Å². The Hall–Kier alpha value is -0.231. The fraction of sp³-hybridized carbons (Fsp3) is 0.533. The van der Waals surface area contributed by atoms with Gasteiger partial charge in [-0.3, -0.25) is 4.98 Å². The second-order valence-electron chi connectivity index (χ2n) is 5.19. The molecule has 0 amide bonds. The molecule has 1 saturated heterocycles. The molecule has 23 heavy (non-hydrogen) atoms. The topological polar surface area (TPSA) is 42.6 Å². The van der Waals surface area contributed by atoms with E-state index in [2.05, 4.69) is 52.8 Å². The third-order valence-electron chi connectivity index (χ3n) is 3.44. The van der Waals surface area contributed by atoms with Crippen molar-refractivity contribution >= 4 is 43.2 Å². The van der Waals surface area contributed by atoms with Crippen molar-refractivity contribution in [2.75, 3.05) is 13.1 Å². The molecule has 0 bridgehead atoms. The van der Waals surface area contributed by atoms with Crippen LogP contribution < -0.4 is 0 Å². The van der Waals surface area contributed by atoms with E-state index in [1.807, 2.05) is 32.0 Å². The molecule has 0 aromatic carbocycles. The van der Waals surface area contributed by atoms with Crippen LogP contribution in [-0.4, -0.2) is 33.8 Å². The van der Waals surface area contributed by atoms with Crippen LogP contribution in [0.25, 0.3) is 5.43 Å². The zero-order valence-corrected chi connectivity index (χ0v) is 16.6. The molecule has 0 atom stereocenters. The van der Waals surface area contributed by atoms with Gasteiger partial charge in [-0.2, -0.15) is 0 Å². The van der Waals surface area contributed by atoms with E-state index in [9.17, 15) is 0 Å². The maximum atomic E-state index is 4.67. The Labute approximate surface area is 158 Å². The van der Waals surface area contributed by atoms with Crippen LogP contribution in [0.4, 0.5) is 0 Å². The van der Waals surface area contributed by atoms with E-state index in [0.717, 1.165) is 43.3 Å². The maximum absolute atomic E-state index is 4.67. The molecule has 0 aliphatic carbocycles. The zero-order valence-electron chi connectivity index (χ0n) is 13.3. The minimum atomic E-state index is 0.707. The molecule has 1 fully saturated rings. The molecule has 0 N–H and O–H groups in total. The molecule has 2 rings (SSSR count). The number of halogens is 2. The molecular formula is C15H22Cl2CuN4S. The van der Waals surface area contributed by atoms with Gasteiger partial charge in [0.1, 0.15) is 0 Å². The molecule has 4 nitrogen and oxygen atoms in total. The molecule has 0 saturated carbocycles. The van der Waals surface area contributed by atoms with Gasteiger partial charge in [-0.1, -0.05) is 18.9 Å². The van der Waals surface area contributed by atoms with E-state index in [4.69, 9.17) is 0 Å². The first-order chi connectivity index (χ1) is 11.1. The number of thiol groups is 1. The third-order valence-corrected chi connectivity index (χ3v) is 3.81. The average molecular weight is 425 g/mol. The van der Waals surface area contributed by atoms with Crippen molar-refractivity contribution in [2.45, 2.75) is 39.5 Å². The second-order valence-corrected chi connectivity index (χ2v) is 7.15. The molecule has 0 spiro atoms. The quantitative estimate of drug-likeness (QED) is 0.179. The molecule has 8 heteroatoms. The Morgan fingerprint density at radius 1 is 1.26 bits per heavy atom. The van der Waals surface area contributed by atoms with E-state index in [-0.39, 0.29) is 0 Å². The van der Waals surface area contributed by atoms with Crippen molar-refractivity contribution in [3.63, 3.8) is 0 Å². The Kier molecular flexibility index (Phi) is 11.0. The van der Waals surface area contributed by atoms with E-state index in [1.165, 1.54) is 25.7 Å². The van der Waals surface area contributed by atoms with Crippen LogP contribution in [0.3, 0.4) is 0 Å². The molecular weight excluding hydrogens is 403 g/mol. The number of hydrogen-bond acceptors (Lipinski definition) is 2. The van der Waals surface area contributed by atoms with Crippen molar-refractivity contribution in [2.24, 2.45) is 5.10 Å². The van der Waals surface area contributed by atoms with Crippen molar-refractivity contribution in [1.82, 2.24) is 9.88 Å². The number of likely N-dealkylation sites (tertiary alicyclic amines) is 1. The van der Waals surface area contributed by atoms with Crippen molar-refractivity contribution in [3.8, 4) is 0 Å². The van der Waals surface area contributed by atoms with Crippen LogP contribution in [-0.2, 0) is 25.4 Å². The number of pyridine rings is 1. The summed E-state index contributed by atoms with van der Waals surface area (Å²) in [6.45, 7) is 5.95. The van der Waals surface area contributed by atoms with Crippen LogP contribution in [0.5, 0.6) is 0 Å². The van der Waals surface area contributed by atoms with Gasteiger partial charge in [0.2, 0.25) is 0 Å². The molecule has 1 aromatic heterocycles. The fourth-order valence-electron chi connectivity index (χ4n) is 2.25. The summed E-state index contributed by atoms with van der Waals surface area (Å²) >= 11 is 5.23. The summed E-state index contributed by atoms with van der Waals surface area (Å²) in [7, 11) is 9.34. The average Bonchev–Trinajstić information content (AvgIpc) is 2.82. The Balaban J connectivity index is 0.000000816. The van der Waals surface area contributed by atoms with Crippen LogP contribution >= 0.6 is 20.2 Å². The Morgan fingerprint density at radius 2 is 1.87 bits per heavy atom. The van der Waals surface area contributed by atoms with Crippen LogP contribution in [0.2, 0.25) is 0 Å². The molecule has 1 aromatic rings. The van der Waals surface area contributed by atoms with Gasteiger partial charge < -0.3 is 10.5 Å². The SMILES string of the molecule is CC(=N[N-]C(=[SH+])N1CCCCCC1)c1cccc(C)n1.[Cl][Cu][Cl]. The van der Waals surface area contributed by atoms with Gasteiger partial charge >= 0.3 is 33.3 Å². The molecule has 0 unspecified atom stereocenters. The van der Waals surface area contributed by atoms with Gasteiger partial charge in [0.05, 0.1) is 5.69 Å². The number of rotatable bonds is 2. The van der Waals surface area contributed by atoms with Gasteiger partial charge in [0, 0.05) is 24.5 Å². The zero-order chi connectivity index (χ0) is 17.1. The first kappa shape index (κ1) is 20.8. The van der Waals surface area contributed by atoms with Gasteiger partial charge in [-0.05, 0) is 38.8 Å². The summed E-state index contributed by atoms with van der Waals surface area (Å²) < 4.78 is 0. The summed E-state index contributed by atoms with van der Waals surface area (Å²) in [6.07, 6.45) is 5.02. The summed E-state index contributed by atoms with van der Waals surface area (Å²) in [5, 5.41) is 4.97. The fourth-order valence-corrected chi connectivity index (χ4v) is 2.49. The molecule has 133 valence electrons. The molecule has 1 aliphatic rings. The van der Waals surface area contributed by atoms with Crippen LogP contribution in [0, 0.1) is 6.92 Å². The predicted molar refractivity (Wildman–Crippen MR) is 100 cm³/mol. The number of aromatic nitrogens is 1. The van der Waals surface area contributed by atoms with Gasteiger partial charge in [-0.25, -0.2) is 4.90 Å². The standard InChI is InChI=1S/C15H22N4S.2ClH.Cu/c1-12-8-7-9-14(16-12)13(2)17-18-15(20)19-10-5-3-4-6-11-19;;;/h7-9H,3-6,10-11H2,1-2H3,(H,16,18,20);2*1H;/q;;;+2/p-2. The minimum absolute atomic E-state index is 0.707. The number of hydrogen-bond donors (Lipinski definition) is 0. The van der Waals surface area contributed by atoms with Gasteiger partial charge in [0.25, 0.3) is 0 Å².